The number of halogens is 1. The molecular weight excluding hydrogens is 424 g/mol. The Morgan fingerprint density at radius 3 is 2.40 bits per heavy atom. The molecule has 0 aliphatic rings. The summed E-state index contributed by atoms with van der Waals surface area (Å²) in [5.74, 6) is 0.232. The van der Waals surface area contributed by atoms with Gasteiger partial charge in [0.2, 0.25) is 0 Å². The Morgan fingerprint density at radius 1 is 1.03 bits per heavy atom. The number of hydrogen-bond acceptors (Lipinski definition) is 4. The van der Waals surface area contributed by atoms with Gasteiger partial charge in [0, 0.05) is 18.6 Å². The molecule has 0 aliphatic heterocycles. The predicted molar refractivity (Wildman–Crippen MR) is 117 cm³/mol. The van der Waals surface area contributed by atoms with Crippen LogP contribution in [0.5, 0.6) is 5.75 Å². The van der Waals surface area contributed by atoms with E-state index in [9.17, 15) is 13.2 Å². The minimum Gasteiger partial charge on any atom is -0.497 e. The zero-order valence-electron chi connectivity index (χ0n) is 16.5. The summed E-state index contributed by atoms with van der Waals surface area (Å²) in [6, 6.07) is 19.7. The number of carbonyl (C=O) groups is 1. The van der Waals surface area contributed by atoms with Gasteiger partial charge in [-0.05, 0) is 54.1 Å². The molecule has 3 aromatic carbocycles. The zero-order valence-corrected chi connectivity index (χ0v) is 18.1. The largest absolute Gasteiger partial charge is 0.497 e. The van der Waals surface area contributed by atoms with Gasteiger partial charge in [0.15, 0.2) is 0 Å². The standard InChI is InChI=1S/C22H21ClN2O4S/c1-25(15-16-6-5-7-17(23)14-16)22(26)20-8-3-4-9-21(20)24-30(27,28)19-12-10-18(29-2)11-13-19/h3-14,24H,15H2,1-2H3. The van der Waals surface area contributed by atoms with E-state index in [1.165, 1.54) is 24.1 Å². The first-order valence-corrected chi connectivity index (χ1v) is 10.9. The van der Waals surface area contributed by atoms with Crippen molar-refractivity contribution in [3.63, 3.8) is 0 Å². The van der Waals surface area contributed by atoms with Gasteiger partial charge < -0.3 is 9.64 Å². The highest BCUT2D eigenvalue weighted by atomic mass is 35.5. The fourth-order valence-corrected chi connectivity index (χ4v) is 4.20. The first kappa shape index (κ1) is 21.7. The van der Waals surface area contributed by atoms with Crippen molar-refractivity contribution in [1.29, 1.82) is 0 Å². The molecule has 156 valence electrons. The van der Waals surface area contributed by atoms with Crippen molar-refractivity contribution < 1.29 is 17.9 Å². The van der Waals surface area contributed by atoms with E-state index in [0.29, 0.717) is 17.3 Å². The predicted octanol–water partition coefficient (Wildman–Crippen LogP) is 4.42. The highest BCUT2D eigenvalue weighted by Crippen LogP contribution is 2.23. The molecule has 0 aromatic heterocycles. The Balaban J connectivity index is 1.83. The van der Waals surface area contributed by atoms with Gasteiger partial charge in [-0.2, -0.15) is 0 Å². The normalized spacial score (nSPS) is 11.0. The second kappa shape index (κ2) is 9.19. The molecule has 0 atom stereocenters. The number of anilines is 1. The molecule has 6 nitrogen and oxygen atoms in total. The highest BCUT2D eigenvalue weighted by Gasteiger charge is 2.21. The summed E-state index contributed by atoms with van der Waals surface area (Å²) in [5.41, 5.74) is 1.32. The first-order valence-electron chi connectivity index (χ1n) is 9.06. The Labute approximate surface area is 181 Å². The molecule has 0 spiro atoms. The fraction of sp³-hybridized carbons (Fsp3) is 0.136. The van der Waals surface area contributed by atoms with Crippen molar-refractivity contribution in [2.24, 2.45) is 0 Å². The lowest BCUT2D eigenvalue weighted by Crippen LogP contribution is -2.27. The molecule has 0 saturated carbocycles. The van der Waals surface area contributed by atoms with Crippen LogP contribution in [0.4, 0.5) is 5.69 Å². The minimum atomic E-state index is -3.88. The molecule has 3 rings (SSSR count). The summed E-state index contributed by atoms with van der Waals surface area (Å²) in [6.07, 6.45) is 0. The quantitative estimate of drug-likeness (QED) is 0.585. The molecule has 3 aromatic rings. The number of carbonyl (C=O) groups excluding carboxylic acids is 1. The molecule has 0 saturated heterocycles. The van der Waals surface area contributed by atoms with E-state index < -0.39 is 10.0 Å². The van der Waals surface area contributed by atoms with Crippen LogP contribution in [-0.4, -0.2) is 33.4 Å². The van der Waals surface area contributed by atoms with Crippen LogP contribution in [0.1, 0.15) is 15.9 Å². The van der Waals surface area contributed by atoms with Crippen LogP contribution >= 0.6 is 11.6 Å². The summed E-state index contributed by atoms with van der Waals surface area (Å²) in [5, 5.41) is 0.584. The lowest BCUT2D eigenvalue weighted by molar-refractivity contribution is 0.0786. The van der Waals surface area contributed by atoms with Crippen molar-refractivity contribution >= 4 is 33.2 Å². The van der Waals surface area contributed by atoms with Crippen LogP contribution in [0, 0.1) is 0 Å². The third kappa shape index (κ3) is 5.11. The molecule has 0 unspecified atom stereocenters. The number of amides is 1. The topological polar surface area (TPSA) is 75.7 Å². The lowest BCUT2D eigenvalue weighted by Gasteiger charge is -2.20. The molecule has 30 heavy (non-hydrogen) atoms. The smallest absolute Gasteiger partial charge is 0.261 e. The van der Waals surface area contributed by atoms with E-state index in [-0.39, 0.29) is 22.1 Å². The second-order valence-electron chi connectivity index (χ2n) is 6.62. The van der Waals surface area contributed by atoms with E-state index in [2.05, 4.69) is 4.72 Å². The average Bonchev–Trinajstić information content (AvgIpc) is 2.73. The second-order valence-corrected chi connectivity index (χ2v) is 8.74. The van der Waals surface area contributed by atoms with E-state index in [1.54, 1.807) is 55.6 Å². The van der Waals surface area contributed by atoms with Crippen LogP contribution in [0.3, 0.4) is 0 Å². The molecular formula is C22H21ClN2O4S. The number of nitrogens with zero attached hydrogens (tertiary/aromatic N) is 1. The van der Waals surface area contributed by atoms with Crippen LogP contribution in [0.25, 0.3) is 0 Å². The first-order chi connectivity index (χ1) is 14.3. The minimum absolute atomic E-state index is 0.0674. The lowest BCUT2D eigenvalue weighted by atomic mass is 10.1. The summed E-state index contributed by atoms with van der Waals surface area (Å²) in [6.45, 7) is 0.332. The van der Waals surface area contributed by atoms with Crippen LogP contribution in [0.15, 0.2) is 77.7 Å². The third-order valence-electron chi connectivity index (χ3n) is 4.43. The number of benzene rings is 3. The van der Waals surface area contributed by atoms with Gasteiger partial charge in [0.1, 0.15) is 5.75 Å². The van der Waals surface area contributed by atoms with Gasteiger partial charge in [0.25, 0.3) is 15.9 Å². The van der Waals surface area contributed by atoms with E-state index >= 15 is 0 Å². The van der Waals surface area contributed by atoms with Crippen LogP contribution < -0.4 is 9.46 Å². The number of hydrogen-bond donors (Lipinski definition) is 1. The maximum atomic E-state index is 13.0. The summed E-state index contributed by atoms with van der Waals surface area (Å²) < 4.78 is 33.1. The van der Waals surface area contributed by atoms with Crippen molar-refractivity contribution in [3.8, 4) is 5.75 Å². The van der Waals surface area contributed by atoms with Crippen molar-refractivity contribution in [2.45, 2.75) is 11.4 Å². The van der Waals surface area contributed by atoms with Crippen LogP contribution in [-0.2, 0) is 16.6 Å². The van der Waals surface area contributed by atoms with Gasteiger partial charge in [-0.1, -0.05) is 35.9 Å². The molecule has 8 heteroatoms. The van der Waals surface area contributed by atoms with Gasteiger partial charge >= 0.3 is 0 Å². The van der Waals surface area contributed by atoms with E-state index in [4.69, 9.17) is 16.3 Å². The number of nitrogens with one attached hydrogen (secondary N) is 1. The summed E-state index contributed by atoms with van der Waals surface area (Å²) >= 11 is 6.01. The fourth-order valence-electron chi connectivity index (χ4n) is 2.90. The number of methoxy groups -OCH3 is 1. The van der Waals surface area contributed by atoms with Gasteiger partial charge in [-0.3, -0.25) is 9.52 Å². The number of rotatable bonds is 7. The van der Waals surface area contributed by atoms with E-state index in [0.717, 1.165) is 5.56 Å². The average molecular weight is 445 g/mol. The molecule has 0 bridgehead atoms. The maximum Gasteiger partial charge on any atom is 0.261 e. The Hall–Kier alpha value is -3.03. The SMILES string of the molecule is COc1ccc(S(=O)(=O)Nc2ccccc2C(=O)N(C)Cc2cccc(Cl)c2)cc1. The Bertz CT molecular complexity index is 1150. The van der Waals surface area contributed by atoms with Crippen molar-refractivity contribution in [3.05, 3.63) is 88.9 Å². The monoisotopic (exact) mass is 444 g/mol. The maximum absolute atomic E-state index is 13.0. The van der Waals surface area contributed by atoms with Gasteiger partial charge in [-0.15, -0.1) is 0 Å². The molecule has 0 fully saturated rings. The van der Waals surface area contributed by atoms with Crippen LogP contribution in [0.2, 0.25) is 5.02 Å². The molecule has 0 radical (unpaired) electrons. The summed E-state index contributed by atoms with van der Waals surface area (Å²) in [4.78, 5) is 14.6. The molecule has 1 amide bonds. The number of sulfonamides is 1. The van der Waals surface area contributed by atoms with E-state index in [1.807, 2.05) is 12.1 Å². The molecule has 0 heterocycles. The molecule has 1 N–H and O–H groups in total. The summed E-state index contributed by atoms with van der Waals surface area (Å²) in [7, 11) is -0.724. The highest BCUT2D eigenvalue weighted by molar-refractivity contribution is 7.92. The van der Waals surface area contributed by atoms with Crippen molar-refractivity contribution in [1.82, 2.24) is 4.90 Å². The Kier molecular flexibility index (Phi) is 6.64. The third-order valence-corrected chi connectivity index (χ3v) is 6.04. The number of para-hydroxylation sites is 1. The van der Waals surface area contributed by atoms with Gasteiger partial charge in [0.05, 0.1) is 23.3 Å². The van der Waals surface area contributed by atoms with Crippen molar-refractivity contribution in [2.75, 3.05) is 18.9 Å². The zero-order chi connectivity index (χ0) is 21.7. The number of ether oxygens (including phenoxy) is 1. The Morgan fingerprint density at radius 2 is 1.73 bits per heavy atom. The van der Waals surface area contributed by atoms with Gasteiger partial charge in [-0.25, -0.2) is 8.42 Å². The molecule has 0 aliphatic carbocycles.